The van der Waals surface area contributed by atoms with Gasteiger partial charge in [-0.2, -0.15) is 0 Å². The normalized spacial score (nSPS) is 9.82. The lowest BCUT2D eigenvalue weighted by Gasteiger charge is -2.14. The van der Waals surface area contributed by atoms with E-state index < -0.39 is 0 Å². The quantitative estimate of drug-likeness (QED) is 0.544. The van der Waals surface area contributed by atoms with Crippen LogP contribution >= 0.6 is 0 Å². The molecule has 0 atom stereocenters. The largest absolute Gasteiger partial charge is 0.397 e. The molecular weight excluding hydrogens is 216 g/mol. The van der Waals surface area contributed by atoms with Gasteiger partial charge in [0.15, 0.2) is 0 Å². The lowest BCUT2D eigenvalue weighted by atomic mass is 10.2. The maximum absolute atomic E-state index is 11.2. The van der Waals surface area contributed by atoms with Crippen LogP contribution in [0.3, 0.4) is 0 Å². The van der Waals surface area contributed by atoms with Crippen LogP contribution in [0.15, 0.2) is 18.2 Å². The Labute approximate surface area is 102 Å². The van der Waals surface area contributed by atoms with E-state index in [9.17, 15) is 4.79 Å². The van der Waals surface area contributed by atoms with Gasteiger partial charge in [0.1, 0.15) is 0 Å². The smallest absolute Gasteiger partial charge is 0.316 e. The summed E-state index contributed by atoms with van der Waals surface area (Å²) in [5.41, 5.74) is 8.63. The molecule has 1 rings (SSSR count). The van der Waals surface area contributed by atoms with Gasteiger partial charge in [-0.1, -0.05) is 12.1 Å². The summed E-state index contributed by atoms with van der Waals surface area (Å²) < 4.78 is 0. The van der Waals surface area contributed by atoms with E-state index in [2.05, 4.69) is 10.6 Å². The third-order valence-corrected chi connectivity index (χ3v) is 2.45. The van der Waals surface area contributed by atoms with Gasteiger partial charge in [-0.25, -0.2) is 4.79 Å². The Morgan fingerprint density at radius 1 is 1.35 bits per heavy atom. The van der Waals surface area contributed by atoms with Gasteiger partial charge in [-0.05, 0) is 18.6 Å². The van der Waals surface area contributed by atoms with Crippen LogP contribution in [0.5, 0.6) is 0 Å². The Morgan fingerprint density at radius 3 is 2.71 bits per heavy atom. The van der Waals surface area contributed by atoms with Gasteiger partial charge in [0.25, 0.3) is 0 Å². The van der Waals surface area contributed by atoms with Crippen LogP contribution < -0.4 is 16.4 Å². The zero-order chi connectivity index (χ0) is 12.8. The molecule has 4 N–H and O–H groups in total. The highest BCUT2D eigenvalue weighted by Crippen LogP contribution is 2.21. The number of nitrogens with two attached hydrogens (primary N) is 1. The van der Waals surface area contributed by atoms with Crippen molar-refractivity contribution in [3.63, 3.8) is 0 Å². The number of nitrogen functional groups attached to an aromatic ring is 1. The molecule has 0 aromatic heterocycles. The maximum atomic E-state index is 11.2. The Balaban J connectivity index is 2.36. The van der Waals surface area contributed by atoms with Crippen molar-refractivity contribution in [1.29, 1.82) is 0 Å². The second kappa shape index (κ2) is 5.98. The number of carbonyl (C=O) groups is 1. The molecule has 1 aromatic rings. The predicted octanol–water partition coefficient (Wildman–Crippen LogP) is 1.26. The summed E-state index contributed by atoms with van der Waals surface area (Å²) in [6.45, 7) is 3.17. The number of hydrogen-bond donors (Lipinski definition) is 3. The van der Waals surface area contributed by atoms with Crippen LogP contribution in [0.2, 0.25) is 0 Å². The highest BCUT2D eigenvalue weighted by Gasteiger charge is 2.02. The monoisotopic (exact) mass is 236 g/mol. The zero-order valence-electron chi connectivity index (χ0n) is 10.6. The highest BCUT2D eigenvalue weighted by atomic mass is 16.2. The van der Waals surface area contributed by atoms with Crippen LogP contribution in [0, 0.1) is 6.92 Å². The molecule has 5 heteroatoms. The number of para-hydroxylation sites is 1. The lowest BCUT2D eigenvalue weighted by Crippen LogP contribution is -2.37. The number of carbonyl (C=O) groups excluding carboxylic acids is 1. The number of anilines is 2. The molecule has 1 aromatic carbocycles. The van der Waals surface area contributed by atoms with E-state index in [-0.39, 0.29) is 6.03 Å². The Morgan fingerprint density at radius 2 is 2.06 bits per heavy atom. The number of nitrogens with one attached hydrogen (secondary N) is 2. The molecule has 2 amide bonds. The Kier molecular flexibility index (Phi) is 4.63. The Bertz CT molecular complexity index is 390. The number of nitrogens with zero attached hydrogens (tertiary/aromatic N) is 1. The fourth-order valence-corrected chi connectivity index (χ4v) is 1.36. The highest BCUT2D eigenvalue weighted by molar-refractivity contribution is 5.73. The van der Waals surface area contributed by atoms with Crippen molar-refractivity contribution < 1.29 is 4.79 Å². The molecule has 17 heavy (non-hydrogen) atoms. The van der Waals surface area contributed by atoms with Crippen LogP contribution in [-0.4, -0.2) is 38.1 Å². The molecule has 0 aliphatic heterocycles. The van der Waals surface area contributed by atoms with E-state index in [1.807, 2.05) is 25.1 Å². The molecule has 0 radical (unpaired) electrons. The molecule has 0 aliphatic carbocycles. The number of benzene rings is 1. The number of rotatable bonds is 4. The molecule has 0 aliphatic rings. The molecule has 0 fully saturated rings. The van der Waals surface area contributed by atoms with Crippen LogP contribution in [0.4, 0.5) is 16.2 Å². The number of urea groups is 1. The summed E-state index contributed by atoms with van der Waals surface area (Å²) in [5.74, 6) is 0. The Hall–Kier alpha value is -1.91. The minimum absolute atomic E-state index is 0.0935. The van der Waals surface area contributed by atoms with Crippen LogP contribution in [0.1, 0.15) is 5.56 Å². The third-order valence-electron chi connectivity index (χ3n) is 2.45. The standard InChI is InChI=1S/C12H20N4O/c1-9-5-4-6-10(11(9)13)14-7-8-15-12(17)16(2)3/h4-6,14H,7-8,13H2,1-3H3,(H,15,17). The second-order valence-electron chi connectivity index (χ2n) is 4.09. The van der Waals surface area contributed by atoms with Gasteiger partial charge >= 0.3 is 6.03 Å². The van der Waals surface area contributed by atoms with Crippen molar-refractivity contribution in [3.8, 4) is 0 Å². The first-order valence-corrected chi connectivity index (χ1v) is 5.56. The molecule has 5 nitrogen and oxygen atoms in total. The van der Waals surface area contributed by atoms with Gasteiger partial charge in [-0.3, -0.25) is 0 Å². The van der Waals surface area contributed by atoms with Crippen LogP contribution in [0.25, 0.3) is 0 Å². The van der Waals surface area contributed by atoms with E-state index >= 15 is 0 Å². The lowest BCUT2D eigenvalue weighted by molar-refractivity contribution is 0.218. The van der Waals surface area contributed by atoms with Gasteiger partial charge in [0.2, 0.25) is 0 Å². The summed E-state index contributed by atoms with van der Waals surface area (Å²) in [6.07, 6.45) is 0. The van der Waals surface area contributed by atoms with Gasteiger partial charge in [-0.15, -0.1) is 0 Å². The molecule has 94 valence electrons. The van der Waals surface area contributed by atoms with Gasteiger partial charge in [0, 0.05) is 27.2 Å². The van der Waals surface area contributed by atoms with E-state index in [0.717, 1.165) is 16.9 Å². The summed E-state index contributed by atoms with van der Waals surface area (Å²) in [6, 6.07) is 5.75. The topological polar surface area (TPSA) is 70.4 Å². The zero-order valence-corrected chi connectivity index (χ0v) is 10.6. The minimum atomic E-state index is -0.0935. The first-order valence-electron chi connectivity index (χ1n) is 5.56. The average Bonchev–Trinajstić information content (AvgIpc) is 2.29. The number of aryl methyl sites for hydroxylation is 1. The minimum Gasteiger partial charge on any atom is -0.397 e. The second-order valence-corrected chi connectivity index (χ2v) is 4.09. The summed E-state index contributed by atoms with van der Waals surface area (Å²) in [5, 5.41) is 5.96. The fraction of sp³-hybridized carbons (Fsp3) is 0.417. The predicted molar refractivity (Wildman–Crippen MR) is 71.2 cm³/mol. The summed E-state index contributed by atoms with van der Waals surface area (Å²) >= 11 is 0. The van der Waals surface area contributed by atoms with E-state index in [4.69, 9.17) is 5.73 Å². The van der Waals surface area contributed by atoms with Crippen molar-refractivity contribution in [1.82, 2.24) is 10.2 Å². The average molecular weight is 236 g/mol. The molecule has 0 heterocycles. The number of hydrogen-bond acceptors (Lipinski definition) is 3. The van der Waals surface area contributed by atoms with Crippen molar-refractivity contribution >= 4 is 17.4 Å². The number of amides is 2. The molecule has 0 saturated heterocycles. The van der Waals surface area contributed by atoms with E-state index in [0.29, 0.717) is 13.1 Å². The van der Waals surface area contributed by atoms with Crippen molar-refractivity contribution in [3.05, 3.63) is 23.8 Å². The van der Waals surface area contributed by atoms with Crippen molar-refractivity contribution in [2.45, 2.75) is 6.92 Å². The molecular formula is C12H20N4O. The van der Waals surface area contributed by atoms with E-state index in [1.54, 1.807) is 14.1 Å². The van der Waals surface area contributed by atoms with Crippen molar-refractivity contribution in [2.75, 3.05) is 38.2 Å². The summed E-state index contributed by atoms with van der Waals surface area (Å²) in [4.78, 5) is 12.7. The maximum Gasteiger partial charge on any atom is 0.316 e. The summed E-state index contributed by atoms with van der Waals surface area (Å²) in [7, 11) is 3.42. The van der Waals surface area contributed by atoms with Gasteiger partial charge < -0.3 is 21.3 Å². The van der Waals surface area contributed by atoms with Crippen molar-refractivity contribution in [2.24, 2.45) is 0 Å². The van der Waals surface area contributed by atoms with E-state index in [1.165, 1.54) is 4.90 Å². The van der Waals surface area contributed by atoms with Crippen LogP contribution in [-0.2, 0) is 0 Å². The third kappa shape index (κ3) is 3.86. The molecule has 0 saturated carbocycles. The molecule has 0 bridgehead atoms. The molecule has 0 spiro atoms. The van der Waals surface area contributed by atoms with Gasteiger partial charge in [0.05, 0.1) is 11.4 Å². The fourth-order valence-electron chi connectivity index (χ4n) is 1.36. The molecule has 0 unspecified atom stereocenters. The first kappa shape index (κ1) is 13.2. The first-order chi connectivity index (χ1) is 8.02. The SMILES string of the molecule is Cc1cccc(NCCNC(=O)N(C)C)c1N.